The van der Waals surface area contributed by atoms with E-state index >= 15 is 0 Å². The molecule has 2 aliphatic rings. The lowest BCUT2D eigenvalue weighted by Crippen LogP contribution is -2.49. The Balaban J connectivity index is 1.58. The highest BCUT2D eigenvalue weighted by atomic mass is 32.2. The third-order valence-electron chi connectivity index (χ3n) is 7.47. The SMILES string of the molecule is CC(C)(C)CC(OC(N)=O)C(=O)NC1CCN(c2nc(SC(C(N)=O)c3ccccc3)c(C#N)c(C3CC3)c2C#N)CC1. The van der Waals surface area contributed by atoms with Gasteiger partial charge in [0, 0.05) is 19.1 Å². The van der Waals surface area contributed by atoms with Crippen molar-refractivity contribution < 1.29 is 19.1 Å². The monoisotopic (exact) mass is 603 g/mol. The molecule has 4 rings (SSSR count). The first-order valence-corrected chi connectivity index (χ1v) is 15.2. The van der Waals surface area contributed by atoms with Crippen LogP contribution in [0.2, 0.25) is 0 Å². The Kier molecular flexibility index (Phi) is 9.82. The molecular weight excluding hydrogens is 566 g/mol. The highest BCUT2D eigenvalue weighted by Gasteiger charge is 2.36. The number of nitrogens with one attached hydrogen (secondary N) is 1. The van der Waals surface area contributed by atoms with Crippen molar-refractivity contribution in [1.82, 2.24) is 10.3 Å². The number of nitrogens with zero attached hydrogens (tertiary/aromatic N) is 4. The van der Waals surface area contributed by atoms with E-state index in [0.717, 1.165) is 24.6 Å². The van der Waals surface area contributed by atoms with E-state index in [4.69, 9.17) is 21.2 Å². The van der Waals surface area contributed by atoms with Gasteiger partial charge in [0.05, 0.1) is 11.1 Å². The maximum Gasteiger partial charge on any atom is 0.405 e. The van der Waals surface area contributed by atoms with Crippen molar-refractivity contribution in [3.05, 3.63) is 52.6 Å². The average Bonchev–Trinajstić information content (AvgIpc) is 3.80. The third-order valence-corrected chi connectivity index (χ3v) is 8.73. The Hall–Kier alpha value is -4.29. The summed E-state index contributed by atoms with van der Waals surface area (Å²) in [6.45, 7) is 6.82. The summed E-state index contributed by atoms with van der Waals surface area (Å²) in [5.74, 6) is -0.400. The van der Waals surface area contributed by atoms with Crippen molar-refractivity contribution in [3.63, 3.8) is 0 Å². The predicted octanol–water partition coefficient (Wildman–Crippen LogP) is 4.01. The number of rotatable bonds is 10. The molecule has 5 N–H and O–H groups in total. The molecule has 11 nitrogen and oxygen atoms in total. The molecule has 1 aliphatic carbocycles. The van der Waals surface area contributed by atoms with Crippen molar-refractivity contribution in [2.45, 2.75) is 81.2 Å². The molecule has 2 heterocycles. The second kappa shape index (κ2) is 13.3. The normalized spacial score (nSPS) is 16.8. The summed E-state index contributed by atoms with van der Waals surface area (Å²) >= 11 is 1.13. The zero-order chi connectivity index (χ0) is 31.3. The molecule has 1 aliphatic heterocycles. The van der Waals surface area contributed by atoms with E-state index in [2.05, 4.69) is 17.5 Å². The number of benzene rings is 1. The first-order chi connectivity index (χ1) is 20.4. The van der Waals surface area contributed by atoms with E-state index in [1.807, 2.05) is 43.9 Å². The van der Waals surface area contributed by atoms with Crippen LogP contribution in [-0.2, 0) is 14.3 Å². The minimum Gasteiger partial charge on any atom is -0.436 e. The topological polar surface area (TPSA) is 188 Å². The molecule has 0 spiro atoms. The number of nitriles is 2. The number of amides is 3. The van der Waals surface area contributed by atoms with Gasteiger partial charge in [-0.25, -0.2) is 9.78 Å². The minimum absolute atomic E-state index is 0.0796. The van der Waals surface area contributed by atoms with E-state index in [-0.39, 0.29) is 17.4 Å². The van der Waals surface area contributed by atoms with Crippen LogP contribution in [0.4, 0.5) is 10.6 Å². The average molecular weight is 604 g/mol. The summed E-state index contributed by atoms with van der Waals surface area (Å²) in [6, 6.07) is 13.5. The number of pyridine rings is 1. The van der Waals surface area contributed by atoms with Gasteiger partial charge in [-0.2, -0.15) is 10.5 Å². The Bertz CT molecular complexity index is 1450. The van der Waals surface area contributed by atoms with Crippen molar-refractivity contribution in [3.8, 4) is 12.1 Å². The second-order valence-corrected chi connectivity index (χ2v) is 13.3. The van der Waals surface area contributed by atoms with Gasteiger partial charge in [-0.05, 0) is 54.6 Å². The van der Waals surface area contributed by atoms with E-state index in [1.54, 1.807) is 12.1 Å². The maximum atomic E-state index is 13.0. The zero-order valence-corrected chi connectivity index (χ0v) is 25.4. The summed E-state index contributed by atoms with van der Waals surface area (Å²) < 4.78 is 5.12. The molecule has 0 bridgehead atoms. The number of hydrogen-bond acceptors (Lipinski definition) is 9. The maximum absolute atomic E-state index is 13.0. The number of ether oxygens (including phenoxy) is 1. The molecule has 43 heavy (non-hydrogen) atoms. The van der Waals surface area contributed by atoms with Gasteiger partial charge in [0.2, 0.25) is 5.91 Å². The molecule has 1 saturated carbocycles. The molecule has 2 unspecified atom stereocenters. The molecule has 1 saturated heterocycles. The van der Waals surface area contributed by atoms with Gasteiger partial charge < -0.3 is 26.4 Å². The Morgan fingerprint density at radius 2 is 1.70 bits per heavy atom. The molecule has 1 aromatic heterocycles. The number of piperidine rings is 1. The quantitative estimate of drug-likeness (QED) is 0.337. The van der Waals surface area contributed by atoms with E-state index in [9.17, 15) is 24.9 Å². The van der Waals surface area contributed by atoms with Crippen LogP contribution >= 0.6 is 11.8 Å². The Morgan fingerprint density at radius 1 is 1.07 bits per heavy atom. The van der Waals surface area contributed by atoms with Crippen LogP contribution in [0.25, 0.3) is 0 Å². The Labute approximate surface area is 255 Å². The van der Waals surface area contributed by atoms with Crippen LogP contribution < -0.4 is 21.7 Å². The fourth-order valence-corrected chi connectivity index (χ4v) is 6.37. The van der Waals surface area contributed by atoms with Gasteiger partial charge in [-0.3, -0.25) is 9.59 Å². The van der Waals surface area contributed by atoms with E-state index < -0.39 is 29.3 Å². The van der Waals surface area contributed by atoms with Crippen molar-refractivity contribution in [1.29, 1.82) is 10.5 Å². The summed E-state index contributed by atoms with van der Waals surface area (Å²) in [7, 11) is 0. The van der Waals surface area contributed by atoms with Crippen LogP contribution in [0, 0.1) is 28.1 Å². The van der Waals surface area contributed by atoms with Crippen LogP contribution in [-0.4, -0.2) is 48.1 Å². The van der Waals surface area contributed by atoms with Crippen molar-refractivity contribution in [2.24, 2.45) is 16.9 Å². The lowest BCUT2D eigenvalue weighted by molar-refractivity contribution is -0.131. The van der Waals surface area contributed by atoms with Gasteiger partial charge in [0.15, 0.2) is 6.10 Å². The highest BCUT2D eigenvalue weighted by Crippen LogP contribution is 2.48. The molecule has 0 radical (unpaired) electrons. The van der Waals surface area contributed by atoms with Gasteiger partial charge in [0.25, 0.3) is 5.91 Å². The molecule has 2 aromatic rings. The Morgan fingerprint density at radius 3 is 2.21 bits per heavy atom. The number of hydrogen-bond donors (Lipinski definition) is 3. The van der Waals surface area contributed by atoms with Crippen LogP contribution in [0.1, 0.15) is 86.3 Å². The zero-order valence-electron chi connectivity index (χ0n) is 24.6. The smallest absolute Gasteiger partial charge is 0.405 e. The number of thioether (sulfide) groups is 1. The predicted molar refractivity (Wildman–Crippen MR) is 162 cm³/mol. The summed E-state index contributed by atoms with van der Waals surface area (Å²) in [5, 5.41) is 23.0. The fourth-order valence-electron chi connectivity index (χ4n) is 5.33. The molecule has 2 atom stereocenters. The first kappa shape index (κ1) is 31.6. The summed E-state index contributed by atoms with van der Waals surface area (Å²) in [6.07, 6.45) is 1.18. The number of anilines is 1. The van der Waals surface area contributed by atoms with Crippen LogP contribution in [0.3, 0.4) is 0 Å². The molecule has 1 aromatic carbocycles. The van der Waals surface area contributed by atoms with E-state index in [1.165, 1.54) is 0 Å². The van der Waals surface area contributed by atoms with Crippen LogP contribution in [0.15, 0.2) is 35.4 Å². The molecule has 226 valence electrons. The van der Waals surface area contributed by atoms with Crippen LogP contribution in [0.5, 0.6) is 0 Å². The van der Waals surface area contributed by atoms with Gasteiger partial charge in [-0.1, -0.05) is 62.9 Å². The number of primary amides is 2. The van der Waals surface area contributed by atoms with Gasteiger partial charge >= 0.3 is 6.09 Å². The first-order valence-electron chi connectivity index (χ1n) is 14.3. The molecule has 12 heteroatoms. The fraction of sp³-hybridized carbons (Fsp3) is 0.484. The summed E-state index contributed by atoms with van der Waals surface area (Å²) in [4.78, 5) is 43.8. The van der Waals surface area contributed by atoms with E-state index in [0.29, 0.717) is 65.4 Å². The molecule has 2 fully saturated rings. The number of carbonyl (C=O) groups excluding carboxylic acids is 3. The lowest BCUT2D eigenvalue weighted by Gasteiger charge is -2.35. The van der Waals surface area contributed by atoms with Crippen molar-refractivity contribution >= 4 is 35.5 Å². The van der Waals surface area contributed by atoms with Gasteiger partial charge in [0.1, 0.15) is 28.2 Å². The standard InChI is InChI=1S/C31H37N7O4S/c1-31(2,3)15-23(42-30(35)41)28(40)36-20-11-13-38(14-12-20)27-21(16-32)24(18-9-10-18)22(17-33)29(37-27)43-25(26(34)39)19-7-5-4-6-8-19/h4-8,18,20,23,25H,9-15H2,1-3H3,(H2,34,39)(H2,35,41)(H,36,40). The molecule has 3 amide bonds. The number of aromatic nitrogens is 1. The summed E-state index contributed by atoms with van der Waals surface area (Å²) in [5.41, 5.74) is 12.8. The minimum atomic E-state index is -0.999. The third kappa shape index (κ3) is 7.96. The second-order valence-electron chi connectivity index (χ2n) is 12.2. The van der Waals surface area contributed by atoms with Crippen molar-refractivity contribution in [2.75, 3.05) is 18.0 Å². The van der Waals surface area contributed by atoms with Gasteiger partial charge in [-0.15, -0.1) is 0 Å². The number of nitrogens with two attached hydrogens (primary N) is 2. The highest BCUT2D eigenvalue weighted by molar-refractivity contribution is 8.00. The largest absolute Gasteiger partial charge is 0.436 e. The number of carbonyl (C=O) groups is 3. The lowest BCUT2D eigenvalue weighted by atomic mass is 9.88. The molecular formula is C31H37N7O4S.